The van der Waals surface area contributed by atoms with Gasteiger partial charge < -0.3 is 15.0 Å². The number of nitrogens with one attached hydrogen (secondary N) is 1. The van der Waals surface area contributed by atoms with Crippen LogP contribution in [0.2, 0.25) is 0 Å². The van der Waals surface area contributed by atoms with Crippen molar-refractivity contribution in [2.45, 2.75) is 58.6 Å². The van der Waals surface area contributed by atoms with Crippen molar-refractivity contribution < 1.29 is 9.53 Å². The molecule has 4 nitrogen and oxygen atoms in total. The number of ether oxygens (including phenoxy) is 1. The van der Waals surface area contributed by atoms with E-state index in [4.69, 9.17) is 4.74 Å². The van der Waals surface area contributed by atoms with Gasteiger partial charge in [-0.15, -0.1) is 11.3 Å². The summed E-state index contributed by atoms with van der Waals surface area (Å²) in [7, 11) is 0. The van der Waals surface area contributed by atoms with E-state index in [9.17, 15) is 4.79 Å². The Balaban J connectivity index is 1.87. The van der Waals surface area contributed by atoms with Crippen molar-refractivity contribution in [3.05, 3.63) is 22.4 Å². The first-order valence-corrected chi connectivity index (χ1v) is 9.50. The highest BCUT2D eigenvalue weighted by Gasteiger charge is 2.33. The van der Waals surface area contributed by atoms with Crippen LogP contribution in [0, 0.1) is 5.92 Å². The fourth-order valence-electron chi connectivity index (χ4n) is 3.13. The van der Waals surface area contributed by atoms with E-state index in [0.717, 1.165) is 38.9 Å². The second kappa shape index (κ2) is 8.15. The Bertz CT molecular complexity index is 482. The minimum atomic E-state index is -0.421. The van der Waals surface area contributed by atoms with Crippen molar-refractivity contribution in [3.63, 3.8) is 0 Å². The molecule has 0 saturated carbocycles. The molecule has 0 aromatic carbocycles. The molecule has 1 aliphatic heterocycles. The van der Waals surface area contributed by atoms with E-state index < -0.39 is 5.60 Å². The Labute approximate surface area is 144 Å². The molecule has 1 saturated heterocycles. The van der Waals surface area contributed by atoms with Crippen molar-refractivity contribution in [1.82, 2.24) is 10.2 Å². The summed E-state index contributed by atoms with van der Waals surface area (Å²) >= 11 is 1.83. The number of thiophene rings is 1. The summed E-state index contributed by atoms with van der Waals surface area (Å²) in [6.07, 6.45) is 3.12. The van der Waals surface area contributed by atoms with Gasteiger partial charge in [0.1, 0.15) is 5.60 Å². The lowest BCUT2D eigenvalue weighted by atomic mass is 9.94. The fraction of sp³-hybridized carbons (Fsp3) is 0.722. The first kappa shape index (κ1) is 18.3. The predicted molar refractivity (Wildman–Crippen MR) is 96.0 cm³/mol. The van der Waals surface area contributed by atoms with Crippen LogP contribution in [0.25, 0.3) is 0 Å². The zero-order chi connectivity index (χ0) is 16.9. The molecule has 1 aromatic rings. The van der Waals surface area contributed by atoms with E-state index in [2.05, 4.69) is 29.8 Å². The summed E-state index contributed by atoms with van der Waals surface area (Å²) in [6.45, 7) is 10.5. The van der Waals surface area contributed by atoms with Gasteiger partial charge in [0.15, 0.2) is 0 Å². The number of hydrogen-bond donors (Lipinski definition) is 1. The molecule has 2 unspecified atom stereocenters. The van der Waals surface area contributed by atoms with Gasteiger partial charge in [0.25, 0.3) is 0 Å². The van der Waals surface area contributed by atoms with E-state index >= 15 is 0 Å². The van der Waals surface area contributed by atoms with Gasteiger partial charge in [-0.1, -0.05) is 13.0 Å². The van der Waals surface area contributed by atoms with Crippen LogP contribution in [0.5, 0.6) is 0 Å². The lowest BCUT2D eigenvalue weighted by Crippen LogP contribution is -2.40. The average molecular weight is 339 g/mol. The van der Waals surface area contributed by atoms with Gasteiger partial charge in [-0.3, -0.25) is 0 Å². The molecule has 1 N–H and O–H groups in total. The molecule has 2 rings (SSSR count). The van der Waals surface area contributed by atoms with E-state index in [-0.39, 0.29) is 6.09 Å². The average Bonchev–Trinajstić information content (AvgIpc) is 3.12. The molecule has 1 amide bonds. The summed E-state index contributed by atoms with van der Waals surface area (Å²) in [5.41, 5.74) is -0.421. The number of nitrogens with zero attached hydrogens (tertiary/aromatic N) is 1. The molecule has 0 radical (unpaired) electrons. The third kappa shape index (κ3) is 5.81. The van der Waals surface area contributed by atoms with Crippen LogP contribution in [0.4, 0.5) is 4.79 Å². The zero-order valence-corrected chi connectivity index (χ0v) is 15.6. The zero-order valence-electron chi connectivity index (χ0n) is 14.8. The molecular weight excluding hydrogens is 308 g/mol. The van der Waals surface area contributed by atoms with Crippen molar-refractivity contribution in [3.8, 4) is 0 Å². The van der Waals surface area contributed by atoms with Crippen LogP contribution < -0.4 is 5.32 Å². The molecule has 2 atom stereocenters. The summed E-state index contributed by atoms with van der Waals surface area (Å²) in [6, 6.07) is 4.78. The Morgan fingerprint density at radius 1 is 1.52 bits per heavy atom. The number of hydrogen-bond acceptors (Lipinski definition) is 4. The Morgan fingerprint density at radius 3 is 2.91 bits per heavy atom. The van der Waals surface area contributed by atoms with Gasteiger partial charge in [0, 0.05) is 24.0 Å². The molecule has 0 spiro atoms. The summed E-state index contributed by atoms with van der Waals surface area (Å²) < 4.78 is 5.50. The van der Waals surface area contributed by atoms with Crippen LogP contribution in [0.3, 0.4) is 0 Å². The second-order valence-corrected chi connectivity index (χ2v) is 8.29. The quantitative estimate of drug-likeness (QED) is 0.855. The normalized spacial score (nSPS) is 19.8. The first-order valence-electron chi connectivity index (χ1n) is 8.62. The maximum absolute atomic E-state index is 12.2. The number of rotatable bonds is 6. The van der Waals surface area contributed by atoms with E-state index in [1.165, 1.54) is 4.88 Å². The minimum absolute atomic E-state index is 0.173. The lowest BCUT2D eigenvalue weighted by Gasteiger charge is -2.26. The Morgan fingerprint density at radius 2 is 2.30 bits per heavy atom. The monoisotopic (exact) mass is 338 g/mol. The Kier molecular flexibility index (Phi) is 6.48. The van der Waals surface area contributed by atoms with E-state index in [1.807, 2.05) is 37.0 Å². The van der Waals surface area contributed by atoms with Crippen molar-refractivity contribution in [2.75, 3.05) is 19.6 Å². The molecule has 0 aliphatic carbocycles. The van der Waals surface area contributed by atoms with Crippen molar-refractivity contribution in [2.24, 2.45) is 5.92 Å². The van der Waals surface area contributed by atoms with Gasteiger partial charge in [-0.2, -0.15) is 0 Å². The molecule has 23 heavy (non-hydrogen) atoms. The summed E-state index contributed by atoms with van der Waals surface area (Å²) in [5.74, 6) is 0.516. The van der Waals surface area contributed by atoms with Gasteiger partial charge in [0.05, 0.1) is 0 Å². The van der Waals surface area contributed by atoms with Crippen molar-refractivity contribution in [1.29, 1.82) is 0 Å². The second-order valence-electron chi connectivity index (χ2n) is 7.26. The highest BCUT2D eigenvalue weighted by molar-refractivity contribution is 7.09. The molecule has 1 fully saturated rings. The lowest BCUT2D eigenvalue weighted by molar-refractivity contribution is 0.0285. The van der Waals surface area contributed by atoms with Crippen LogP contribution in [0.1, 0.15) is 45.4 Å². The third-order valence-corrected chi connectivity index (χ3v) is 5.13. The van der Waals surface area contributed by atoms with E-state index in [0.29, 0.717) is 12.0 Å². The fourth-order valence-corrected chi connectivity index (χ4v) is 3.85. The highest BCUT2D eigenvalue weighted by Crippen LogP contribution is 2.25. The Hall–Kier alpha value is -1.07. The molecule has 0 bridgehead atoms. The number of amides is 1. The number of carbonyl (C=O) groups is 1. The largest absolute Gasteiger partial charge is 0.444 e. The highest BCUT2D eigenvalue weighted by atomic mass is 32.1. The van der Waals surface area contributed by atoms with Crippen LogP contribution >= 0.6 is 11.3 Å². The van der Waals surface area contributed by atoms with Crippen LogP contribution in [-0.2, 0) is 11.2 Å². The van der Waals surface area contributed by atoms with Crippen LogP contribution in [-0.4, -0.2) is 42.3 Å². The molecule has 2 heterocycles. The van der Waals surface area contributed by atoms with Gasteiger partial charge in [0.2, 0.25) is 0 Å². The van der Waals surface area contributed by atoms with E-state index in [1.54, 1.807) is 0 Å². The van der Waals surface area contributed by atoms with Crippen molar-refractivity contribution >= 4 is 17.4 Å². The molecule has 1 aromatic heterocycles. The maximum Gasteiger partial charge on any atom is 0.410 e. The molecular formula is C18H30N2O2S. The topological polar surface area (TPSA) is 41.6 Å². The minimum Gasteiger partial charge on any atom is -0.444 e. The van der Waals surface area contributed by atoms with Gasteiger partial charge >= 0.3 is 6.09 Å². The number of likely N-dealkylation sites (tertiary alicyclic amines) is 1. The smallest absolute Gasteiger partial charge is 0.410 e. The third-order valence-electron chi connectivity index (χ3n) is 4.19. The van der Waals surface area contributed by atoms with Gasteiger partial charge in [-0.05, 0) is 63.9 Å². The summed E-state index contributed by atoms with van der Waals surface area (Å²) in [4.78, 5) is 15.5. The SMILES string of the molecule is CCNC(CCc1cccs1)C1CCN(C(=O)OC(C)(C)C)C1. The number of carbonyl (C=O) groups excluding carboxylic acids is 1. The number of aryl methyl sites for hydroxylation is 1. The van der Waals surface area contributed by atoms with Crippen LogP contribution in [0.15, 0.2) is 17.5 Å². The standard InChI is InChI=1S/C18H30N2O2S/c1-5-19-16(9-8-15-7-6-12-23-15)14-10-11-20(13-14)17(21)22-18(2,3)4/h6-7,12,14,16,19H,5,8-11,13H2,1-4H3. The molecule has 5 heteroatoms. The molecule has 130 valence electrons. The predicted octanol–water partition coefficient (Wildman–Crippen LogP) is 3.92. The molecule has 1 aliphatic rings. The van der Waals surface area contributed by atoms with Gasteiger partial charge in [-0.25, -0.2) is 4.79 Å². The first-order chi connectivity index (χ1) is 10.9. The summed E-state index contributed by atoms with van der Waals surface area (Å²) in [5, 5.41) is 5.76. The maximum atomic E-state index is 12.2.